The molecule has 1 aromatic rings. The molecule has 1 aliphatic rings. The van der Waals surface area contributed by atoms with Gasteiger partial charge in [-0.2, -0.15) is 0 Å². The molecule has 1 fully saturated rings. The van der Waals surface area contributed by atoms with Gasteiger partial charge in [0.1, 0.15) is 5.60 Å². The van der Waals surface area contributed by atoms with Gasteiger partial charge < -0.3 is 15.0 Å². The predicted molar refractivity (Wildman–Crippen MR) is 91.6 cm³/mol. The molecule has 1 aliphatic heterocycles. The van der Waals surface area contributed by atoms with Gasteiger partial charge in [0.2, 0.25) is 5.91 Å². The third-order valence-electron chi connectivity index (χ3n) is 3.85. The third kappa shape index (κ3) is 5.83. The van der Waals surface area contributed by atoms with Crippen LogP contribution in [0.4, 0.5) is 4.79 Å². The van der Waals surface area contributed by atoms with Crippen molar-refractivity contribution < 1.29 is 14.3 Å². The zero-order valence-electron chi connectivity index (χ0n) is 15.0. The zero-order valence-corrected chi connectivity index (χ0v) is 15.0. The van der Waals surface area contributed by atoms with E-state index in [4.69, 9.17) is 4.74 Å². The molecule has 0 unspecified atom stereocenters. The Labute approximate surface area is 143 Å². The Morgan fingerprint density at radius 2 is 1.96 bits per heavy atom. The van der Waals surface area contributed by atoms with E-state index >= 15 is 0 Å². The molecule has 0 radical (unpaired) electrons. The van der Waals surface area contributed by atoms with Gasteiger partial charge in [0.05, 0.1) is 6.42 Å². The minimum atomic E-state index is -0.482. The highest BCUT2D eigenvalue weighted by Crippen LogP contribution is 2.15. The predicted octanol–water partition coefficient (Wildman–Crippen LogP) is 2.45. The number of nitrogens with one attached hydrogen (secondary N) is 1. The van der Waals surface area contributed by atoms with Gasteiger partial charge >= 0.3 is 6.09 Å². The van der Waals surface area contributed by atoms with Gasteiger partial charge in [-0.25, -0.2) is 4.79 Å². The number of nitrogens with zero attached hydrogens (tertiary/aromatic N) is 2. The Morgan fingerprint density at radius 3 is 2.50 bits per heavy atom. The Balaban J connectivity index is 1.75. The van der Waals surface area contributed by atoms with E-state index in [-0.39, 0.29) is 18.0 Å². The summed E-state index contributed by atoms with van der Waals surface area (Å²) < 4.78 is 5.37. The largest absolute Gasteiger partial charge is 0.444 e. The first-order chi connectivity index (χ1) is 11.2. The number of aryl methyl sites for hydroxylation is 1. The maximum absolute atomic E-state index is 12.1. The fraction of sp³-hybridized carbons (Fsp3) is 0.611. The van der Waals surface area contributed by atoms with Crippen LogP contribution in [0.1, 0.15) is 44.9 Å². The molecule has 0 aliphatic carbocycles. The third-order valence-corrected chi connectivity index (χ3v) is 3.85. The molecule has 0 bridgehead atoms. The molecule has 2 amide bonds. The molecule has 24 heavy (non-hydrogen) atoms. The fourth-order valence-electron chi connectivity index (χ4n) is 2.60. The van der Waals surface area contributed by atoms with E-state index in [9.17, 15) is 9.59 Å². The molecule has 6 heteroatoms. The maximum atomic E-state index is 12.1. The molecule has 0 atom stereocenters. The number of aromatic nitrogens is 1. The quantitative estimate of drug-likeness (QED) is 0.922. The Bertz CT molecular complexity index is 570. The van der Waals surface area contributed by atoms with E-state index in [1.807, 2.05) is 39.8 Å². The second kappa shape index (κ2) is 7.64. The van der Waals surface area contributed by atoms with E-state index in [1.54, 1.807) is 11.1 Å². The summed E-state index contributed by atoms with van der Waals surface area (Å²) in [4.78, 5) is 30.1. The summed E-state index contributed by atoms with van der Waals surface area (Å²) >= 11 is 0. The molecule has 0 spiro atoms. The first-order valence-electron chi connectivity index (χ1n) is 8.42. The number of rotatable bonds is 3. The van der Waals surface area contributed by atoms with Crippen molar-refractivity contribution in [1.82, 2.24) is 15.2 Å². The van der Waals surface area contributed by atoms with E-state index in [0.717, 1.165) is 24.1 Å². The van der Waals surface area contributed by atoms with Crippen LogP contribution in [0.2, 0.25) is 0 Å². The molecule has 2 rings (SSSR count). The summed E-state index contributed by atoms with van der Waals surface area (Å²) in [5, 5.41) is 3.04. The summed E-state index contributed by atoms with van der Waals surface area (Å²) in [7, 11) is 0. The van der Waals surface area contributed by atoms with Crippen molar-refractivity contribution in [1.29, 1.82) is 0 Å². The Hall–Kier alpha value is -2.11. The van der Waals surface area contributed by atoms with Gasteiger partial charge in [-0.15, -0.1) is 0 Å². The second-order valence-corrected chi connectivity index (χ2v) is 7.29. The molecular formula is C18H27N3O3. The lowest BCUT2D eigenvalue weighted by molar-refractivity contribution is -0.121. The number of carbonyl (C=O) groups excluding carboxylic acids is 2. The molecule has 132 valence electrons. The van der Waals surface area contributed by atoms with Crippen LogP contribution in [0, 0.1) is 6.92 Å². The minimum Gasteiger partial charge on any atom is -0.444 e. The van der Waals surface area contributed by atoms with Gasteiger partial charge in [0.15, 0.2) is 0 Å². The average molecular weight is 333 g/mol. The molecule has 0 saturated carbocycles. The number of likely N-dealkylation sites (tertiary alicyclic amines) is 1. The topological polar surface area (TPSA) is 71.5 Å². The molecule has 2 heterocycles. The highest BCUT2D eigenvalue weighted by atomic mass is 16.6. The number of hydrogen-bond donors (Lipinski definition) is 1. The standard InChI is InChI=1S/C18H27N3O3/c1-13-5-6-14(12-19-13)11-16(22)20-15-7-9-21(10-8-15)17(23)24-18(2,3)4/h5-6,12,15H,7-11H2,1-4H3,(H,20,22). The van der Waals surface area contributed by atoms with Crippen molar-refractivity contribution in [3.05, 3.63) is 29.6 Å². The second-order valence-electron chi connectivity index (χ2n) is 7.29. The summed E-state index contributed by atoms with van der Waals surface area (Å²) in [5.41, 5.74) is 1.36. The van der Waals surface area contributed by atoms with Crippen molar-refractivity contribution in [2.24, 2.45) is 0 Å². The van der Waals surface area contributed by atoms with Crippen molar-refractivity contribution in [3.8, 4) is 0 Å². The monoisotopic (exact) mass is 333 g/mol. The van der Waals surface area contributed by atoms with Crippen LogP contribution in [0.25, 0.3) is 0 Å². The molecule has 0 aromatic carbocycles. The number of piperidine rings is 1. The lowest BCUT2D eigenvalue weighted by Gasteiger charge is -2.33. The highest BCUT2D eigenvalue weighted by Gasteiger charge is 2.27. The minimum absolute atomic E-state index is 0.00336. The smallest absolute Gasteiger partial charge is 0.410 e. The highest BCUT2D eigenvalue weighted by molar-refractivity contribution is 5.78. The normalized spacial score (nSPS) is 15.9. The number of pyridine rings is 1. The number of ether oxygens (including phenoxy) is 1. The van der Waals surface area contributed by atoms with Crippen molar-refractivity contribution >= 4 is 12.0 Å². The lowest BCUT2D eigenvalue weighted by Crippen LogP contribution is -2.48. The van der Waals surface area contributed by atoms with Crippen molar-refractivity contribution in [3.63, 3.8) is 0 Å². The Morgan fingerprint density at radius 1 is 1.29 bits per heavy atom. The Kier molecular flexibility index (Phi) is 5.80. The summed E-state index contributed by atoms with van der Waals surface area (Å²) in [6.45, 7) is 8.70. The SMILES string of the molecule is Cc1ccc(CC(=O)NC2CCN(C(=O)OC(C)(C)C)CC2)cn1. The van der Waals surface area contributed by atoms with Gasteiger partial charge in [0.25, 0.3) is 0 Å². The van der Waals surface area contributed by atoms with Crippen LogP contribution in [0.15, 0.2) is 18.3 Å². The molecule has 6 nitrogen and oxygen atoms in total. The lowest BCUT2D eigenvalue weighted by atomic mass is 10.0. The van der Waals surface area contributed by atoms with Gasteiger partial charge in [0, 0.05) is 31.0 Å². The zero-order chi connectivity index (χ0) is 17.7. The fourth-order valence-corrected chi connectivity index (χ4v) is 2.60. The first-order valence-corrected chi connectivity index (χ1v) is 8.42. The summed E-state index contributed by atoms with van der Waals surface area (Å²) in [6.07, 6.45) is 3.28. The summed E-state index contributed by atoms with van der Waals surface area (Å²) in [5.74, 6) is -0.00336. The maximum Gasteiger partial charge on any atom is 0.410 e. The van der Waals surface area contributed by atoms with E-state index in [0.29, 0.717) is 19.5 Å². The van der Waals surface area contributed by atoms with Crippen LogP contribution in [-0.2, 0) is 16.0 Å². The van der Waals surface area contributed by atoms with Crippen LogP contribution >= 0.6 is 0 Å². The average Bonchev–Trinajstić information content (AvgIpc) is 2.48. The van der Waals surface area contributed by atoms with E-state index in [1.165, 1.54) is 0 Å². The van der Waals surface area contributed by atoms with Crippen LogP contribution in [0.3, 0.4) is 0 Å². The van der Waals surface area contributed by atoms with Gasteiger partial charge in [-0.05, 0) is 52.2 Å². The van der Waals surface area contributed by atoms with Gasteiger partial charge in [-0.1, -0.05) is 6.07 Å². The van der Waals surface area contributed by atoms with E-state index in [2.05, 4.69) is 10.3 Å². The molecule has 1 saturated heterocycles. The molecular weight excluding hydrogens is 306 g/mol. The van der Waals surface area contributed by atoms with Crippen LogP contribution in [0.5, 0.6) is 0 Å². The van der Waals surface area contributed by atoms with Crippen LogP contribution < -0.4 is 5.32 Å². The van der Waals surface area contributed by atoms with E-state index < -0.39 is 5.60 Å². The molecule has 1 aromatic heterocycles. The summed E-state index contributed by atoms with van der Waals surface area (Å²) in [6, 6.07) is 3.93. The number of carbonyl (C=O) groups is 2. The first kappa shape index (κ1) is 18.2. The molecule has 1 N–H and O–H groups in total. The number of hydrogen-bond acceptors (Lipinski definition) is 4. The van der Waals surface area contributed by atoms with Crippen LogP contribution in [-0.4, -0.2) is 46.6 Å². The van der Waals surface area contributed by atoms with Crippen molar-refractivity contribution in [2.75, 3.05) is 13.1 Å². The van der Waals surface area contributed by atoms with Gasteiger partial charge in [-0.3, -0.25) is 9.78 Å². The number of amides is 2. The van der Waals surface area contributed by atoms with Crippen molar-refractivity contribution in [2.45, 2.75) is 58.6 Å².